The lowest BCUT2D eigenvalue weighted by Gasteiger charge is -2.28. The molecule has 0 saturated heterocycles. The standard InChI is InChI=1S/C23H21ClF5N3O2/c24-18-10-15(21(34)30-12-14-2-1-3-16(33)8-14)11-19-31-20(23(27,28)29)17(32(18)19)9-13-4-6-22(25,26)7-5-13/h1-3,8,10-11,13,33H,4-7,9,12H2,(H,30,34). The maximum atomic E-state index is 13.8. The second-order valence-corrected chi connectivity index (χ2v) is 8.91. The Balaban J connectivity index is 1.62. The van der Waals surface area contributed by atoms with Gasteiger partial charge in [0.2, 0.25) is 5.92 Å². The molecule has 1 fully saturated rings. The number of carbonyl (C=O) groups excluding carboxylic acids is 1. The number of rotatable bonds is 5. The predicted octanol–water partition coefficient (Wildman–Crippen LogP) is 6.01. The number of amides is 1. The van der Waals surface area contributed by atoms with Crippen LogP contribution >= 0.6 is 11.6 Å². The number of hydrogen-bond acceptors (Lipinski definition) is 3. The Kier molecular flexibility index (Phi) is 6.46. The molecule has 4 rings (SSSR count). The van der Waals surface area contributed by atoms with Gasteiger partial charge in [0.15, 0.2) is 5.69 Å². The summed E-state index contributed by atoms with van der Waals surface area (Å²) in [6.45, 7) is 0.0792. The molecule has 1 aliphatic rings. The van der Waals surface area contributed by atoms with Crippen molar-refractivity contribution in [2.45, 2.75) is 50.7 Å². The Morgan fingerprint density at radius 3 is 2.56 bits per heavy atom. The highest BCUT2D eigenvalue weighted by molar-refractivity contribution is 6.30. The van der Waals surface area contributed by atoms with Gasteiger partial charge in [-0.2, -0.15) is 13.2 Å². The molecule has 0 unspecified atom stereocenters. The first-order valence-electron chi connectivity index (χ1n) is 10.6. The van der Waals surface area contributed by atoms with E-state index in [1.54, 1.807) is 12.1 Å². The summed E-state index contributed by atoms with van der Waals surface area (Å²) in [4.78, 5) is 16.3. The molecule has 1 aromatic carbocycles. The summed E-state index contributed by atoms with van der Waals surface area (Å²) in [5.41, 5.74) is -0.849. The molecule has 1 saturated carbocycles. The van der Waals surface area contributed by atoms with Gasteiger partial charge in [-0.3, -0.25) is 9.20 Å². The fourth-order valence-electron chi connectivity index (χ4n) is 4.26. The van der Waals surface area contributed by atoms with Crippen LogP contribution in [-0.4, -0.2) is 26.3 Å². The van der Waals surface area contributed by atoms with E-state index < -0.39 is 23.7 Å². The largest absolute Gasteiger partial charge is 0.508 e. The first kappa shape index (κ1) is 24.3. The number of carbonyl (C=O) groups is 1. The van der Waals surface area contributed by atoms with Gasteiger partial charge in [-0.15, -0.1) is 0 Å². The summed E-state index contributed by atoms with van der Waals surface area (Å²) < 4.78 is 69.4. The Bertz CT molecular complexity index is 1220. The van der Waals surface area contributed by atoms with Crippen LogP contribution in [0.1, 0.15) is 53.0 Å². The molecule has 0 aliphatic heterocycles. The number of benzene rings is 1. The molecule has 5 nitrogen and oxygen atoms in total. The number of imidazole rings is 1. The molecule has 0 bridgehead atoms. The zero-order valence-electron chi connectivity index (χ0n) is 17.8. The van der Waals surface area contributed by atoms with Gasteiger partial charge in [-0.1, -0.05) is 23.7 Å². The van der Waals surface area contributed by atoms with Crippen LogP contribution in [0, 0.1) is 5.92 Å². The van der Waals surface area contributed by atoms with Crippen LogP contribution in [0.25, 0.3) is 5.65 Å². The zero-order chi connectivity index (χ0) is 24.7. The Morgan fingerprint density at radius 2 is 1.91 bits per heavy atom. The van der Waals surface area contributed by atoms with Gasteiger partial charge >= 0.3 is 6.18 Å². The van der Waals surface area contributed by atoms with Crippen molar-refractivity contribution in [3.05, 3.63) is 64.1 Å². The van der Waals surface area contributed by atoms with Crippen LogP contribution in [0.15, 0.2) is 36.4 Å². The lowest BCUT2D eigenvalue weighted by atomic mass is 9.83. The Morgan fingerprint density at radius 1 is 1.21 bits per heavy atom. The summed E-state index contributed by atoms with van der Waals surface area (Å²) in [6.07, 6.45) is -5.41. The topological polar surface area (TPSA) is 66.6 Å². The first-order chi connectivity index (χ1) is 15.9. The number of aromatic nitrogens is 2. The molecule has 2 aromatic heterocycles. The third kappa shape index (κ3) is 5.27. The molecular weight excluding hydrogens is 481 g/mol. The van der Waals surface area contributed by atoms with Crippen LogP contribution in [0.5, 0.6) is 5.75 Å². The zero-order valence-corrected chi connectivity index (χ0v) is 18.6. The highest BCUT2D eigenvalue weighted by Gasteiger charge is 2.40. The smallest absolute Gasteiger partial charge is 0.435 e. The lowest BCUT2D eigenvalue weighted by Crippen LogP contribution is -2.26. The predicted molar refractivity (Wildman–Crippen MR) is 115 cm³/mol. The summed E-state index contributed by atoms with van der Waals surface area (Å²) in [6, 6.07) is 8.69. The monoisotopic (exact) mass is 501 g/mol. The quantitative estimate of drug-likeness (QED) is 0.332. The fraction of sp³-hybridized carbons (Fsp3) is 0.391. The molecule has 182 valence electrons. The fourth-order valence-corrected chi connectivity index (χ4v) is 4.56. The van der Waals surface area contributed by atoms with E-state index in [0.29, 0.717) is 5.56 Å². The number of aromatic hydroxyl groups is 1. The van der Waals surface area contributed by atoms with E-state index in [1.165, 1.54) is 24.3 Å². The van der Waals surface area contributed by atoms with Crippen molar-refractivity contribution in [3.63, 3.8) is 0 Å². The van der Waals surface area contributed by atoms with Crippen LogP contribution in [0.2, 0.25) is 5.15 Å². The van der Waals surface area contributed by atoms with Gasteiger partial charge in [0, 0.05) is 24.9 Å². The third-order valence-electron chi connectivity index (χ3n) is 5.98. The average molecular weight is 502 g/mol. The average Bonchev–Trinajstić information content (AvgIpc) is 3.13. The summed E-state index contributed by atoms with van der Waals surface area (Å²) in [5, 5.41) is 12.0. The number of nitrogens with zero attached hydrogens (tertiary/aromatic N) is 2. The maximum absolute atomic E-state index is 13.8. The highest BCUT2D eigenvalue weighted by atomic mass is 35.5. The lowest BCUT2D eigenvalue weighted by molar-refractivity contribution is -0.141. The van der Waals surface area contributed by atoms with Gasteiger partial charge in [0.25, 0.3) is 5.91 Å². The van der Waals surface area contributed by atoms with Crippen molar-refractivity contribution in [2.24, 2.45) is 5.92 Å². The second kappa shape index (κ2) is 9.05. The molecule has 1 aliphatic carbocycles. The van der Waals surface area contributed by atoms with Crippen molar-refractivity contribution < 1.29 is 31.9 Å². The Labute approximate surface area is 196 Å². The van der Waals surface area contributed by atoms with Gasteiger partial charge < -0.3 is 10.4 Å². The number of hydrogen-bond donors (Lipinski definition) is 2. The minimum Gasteiger partial charge on any atom is -0.508 e. The maximum Gasteiger partial charge on any atom is 0.435 e. The van der Waals surface area contributed by atoms with E-state index in [9.17, 15) is 31.9 Å². The van der Waals surface area contributed by atoms with Crippen LogP contribution in [-0.2, 0) is 19.1 Å². The van der Waals surface area contributed by atoms with E-state index in [-0.39, 0.29) is 72.4 Å². The van der Waals surface area contributed by atoms with Crippen LogP contribution < -0.4 is 5.32 Å². The molecule has 0 atom stereocenters. The molecule has 11 heteroatoms. The van der Waals surface area contributed by atoms with Crippen LogP contribution in [0.4, 0.5) is 22.0 Å². The number of pyridine rings is 1. The van der Waals surface area contributed by atoms with Crippen molar-refractivity contribution in [2.75, 3.05) is 0 Å². The van der Waals surface area contributed by atoms with E-state index in [2.05, 4.69) is 10.3 Å². The third-order valence-corrected chi connectivity index (χ3v) is 6.26. The van der Waals surface area contributed by atoms with Crippen molar-refractivity contribution in [1.29, 1.82) is 0 Å². The number of alkyl halides is 5. The molecular formula is C23H21ClF5N3O2. The number of fused-ring (bicyclic) bond motifs is 1. The second-order valence-electron chi connectivity index (χ2n) is 8.52. The summed E-state index contributed by atoms with van der Waals surface area (Å²) in [7, 11) is 0. The van der Waals surface area contributed by atoms with Crippen molar-refractivity contribution in [1.82, 2.24) is 14.7 Å². The highest BCUT2D eigenvalue weighted by Crippen LogP contribution is 2.40. The van der Waals surface area contributed by atoms with E-state index in [0.717, 1.165) is 4.40 Å². The summed E-state index contributed by atoms with van der Waals surface area (Å²) >= 11 is 6.30. The van der Waals surface area contributed by atoms with E-state index >= 15 is 0 Å². The van der Waals surface area contributed by atoms with E-state index in [1.807, 2.05) is 0 Å². The number of phenols is 1. The van der Waals surface area contributed by atoms with Gasteiger partial charge in [-0.05, 0) is 55.0 Å². The molecule has 34 heavy (non-hydrogen) atoms. The minimum atomic E-state index is -4.78. The summed E-state index contributed by atoms with van der Waals surface area (Å²) in [5.74, 6) is -3.70. The van der Waals surface area contributed by atoms with Crippen molar-refractivity contribution >= 4 is 23.2 Å². The van der Waals surface area contributed by atoms with Gasteiger partial charge in [0.1, 0.15) is 16.5 Å². The normalized spacial score (nSPS) is 16.6. The molecule has 1 amide bonds. The number of phenolic OH excluding ortho intramolecular Hbond substituents is 1. The Hall–Kier alpha value is -2.88. The first-order valence-corrected chi connectivity index (χ1v) is 11.0. The van der Waals surface area contributed by atoms with E-state index in [4.69, 9.17) is 11.6 Å². The molecule has 0 spiro atoms. The van der Waals surface area contributed by atoms with Gasteiger partial charge in [0.05, 0.1) is 5.69 Å². The molecule has 0 radical (unpaired) electrons. The number of nitrogens with one attached hydrogen (secondary N) is 1. The number of halogens is 6. The molecule has 2 N–H and O–H groups in total. The van der Waals surface area contributed by atoms with Crippen LogP contribution in [0.3, 0.4) is 0 Å². The molecule has 2 heterocycles. The minimum absolute atomic E-state index is 0.0141. The van der Waals surface area contributed by atoms with Crippen molar-refractivity contribution in [3.8, 4) is 5.75 Å². The molecule has 3 aromatic rings. The SMILES string of the molecule is O=C(NCc1cccc(O)c1)c1cc(Cl)n2c(CC3CCC(F)(F)CC3)c(C(F)(F)F)nc2c1. The van der Waals surface area contributed by atoms with Gasteiger partial charge in [-0.25, -0.2) is 13.8 Å².